The van der Waals surface area contributed by atoms with E-state index in [4.69, 9.17) is 23.2 Å². The summed E-state index contributed by atoms with van der Waals surface area (Å²) < 4.78 is 0. The van der Waals surface area contributed by atoms with Crippen LogP contribution in [-0.4, -0.2) is 10.8 Å². The number of para-hydroxylation sites is 1. The third-order valence-corrected chi connectivity index (χ3v) is 3.64. The number of benzene rings is 2. The zero-order valence-corrected chi connectivity index (χ0v) is 12.4. The highest BCUT2D eigenvalue weighted by atomic mass is 35.5. The molecule has 0 radical (unpaired) electrons. The first-order chi connectivity index (χ1) is 9.91. The summed E-state index contributed by atoms with van der Waals surface area (Å²) in [7, 11) is 0. The number of halogens is 2. The molecule has 0 saturated heterocycles. The molecule has 2 aromatic rings. The summed E-state index contributed by atoms with van der Waals surface area (Å²) in [4.78, 5) is 22.6. The van der Waals surface area contributed by atoms with Gasteiger partial charge in [-0.2, -0.15) is 0 Å². The van der Waals surface area contributed by atoms with Crippen molar-refractivity contribution < 1.29 is 9.72 Å². The average Bonchev–Trinajstić information content (AvgIpc) is 2.43. The number of nitrogens with one attached hydrogen (secondary N) is 1. The number of amides is 1. The third-order valence-electron chi connectivity index (χ3n) is 2.93. The van der Waals surface area contributed by atoms with E-state index in [2.05, 4.69) is 5.32 Å². The van der Waals surface area contributed by atoms with Gasteiger partial charge in [-0.15, -0.1) is 0 Å². The molecule has 0 atom stereocenters. The zero-order valence-electron chi connectivity index (χ0n) is 10.9. The lowest BCUT2D eigenvalue weighted by Gasteiger charge is -2.10. The number of nitro groups is 1. The number of rotatable bonds is 3. The van der Waals surface area contributed by atoms with Crippen LogP contribution in [0.5, 0.6) is 0 Å². The molecule has 0 spiro atoms. The number of nitrogens with zero attached hydrogens (tertiary/aromatic N) is 1. The maximum absolute atomic E-state index is 12.2. The Balaban J connectivity index is 2.40. The van der Waals surface area contributed by atoms with E-state index >= 15 is 0 Å². The van der Waals surface area contributed by atoms with Crippen molar-refractivity contribution in [2.24, 2.45) is 0 Å². The van der Waals surface area contributed by atoms with Gasteiger partial charge in [-0.3, -0.25) is 14.9 Å². The number of nitro benzene ring substituents is 1. The predicted octanol–water partition coefficient (Wildman–Crippen LogP) is 4.46. The van der Waals surface area contributed by atoms with Gasteiger partial charge >= 0.3 is 5.69 Å². The lowest BCUT2D eigenvalue weighted by Crippen LogP contribution is -2.15. The molecule has 5 nitrogen and oxygen atoms in total. The Morgan fingerprint density at radius 1 is 1.14 bits per heavy atom. The van der Waals surface area contributed by atoms with E-state index in [9.17, 15) is 14.9 Å². The number of carbonyl (C=O) groups excluding carboxylic acids is 1. The average molecular weight is 325 g/mol. The largest absolute Gasteiger partial charge is 0.321 e. The molecule has 0 fully saturated rings. The van der Waals surface area contributed by atoms with Crippen molar-refractivity contribution in [3.63, 3.8) is 0 Å². The van der Waals surface area contributed by atoms with Crippen LogP contribution >= 0.6 is 23.2 Å². The summed E-state index contributed by atoms with van der Waals surface area (Å²) in [5, 5.41) is 14.1. The Morgan fingerprint density at radius 2 is 1.76 bits per heavy atom. The van der Waals surface area contributed by atoms with E-state index in [-0.39, 0.29) is 10.6 Å². The first-order valence-electron chi connectivity index (χ1n) is 5.91. The molecule has 1 N–H and O–H groups in total. The minimum Gasteiger partial charge on any atom is -0.321 e. The lowest BCUT2D eigenvalue weighted by molar-refractivity contribution is -0.385. The Hall–Kier alpha value is -2.11. The number of carbonyl (C=O) groups is 1. The topological polar surface area (TPSA) is 72.2 Å². The van der Waals surface area contributed by atoms with E-state index in [1.165, 1.54) is 18.2 Å². The molecule has 2 rings (SSSR count). The van der Waals surface area contributed by atoms with Crippen LogP contribution in [0.4, 0.5) is 11.4 Å². The smallest absolute Gasteiger partial charge is 0.300 e. The fraction of sp³-hybridized carbons (Fsp3) is 0.0714. The molecule has 0 saturated carbocycles. The Bertz CT molecular complexity index is 732. The fourth-order valence-corrected chi connectivity index (χ4v) is 2.23. The van der Waals surface area contributed by atoms with Crippen LogP contribution in [0, 0.1) is 17.0 Å². The van der Waals surface area contributed by atoms with Gasteiger partial charge in [0.25, 0.3) is 5.91 Å². The van der Waals surface area contributed by atoms with Gasteiger partial charge in [0.05, 0.1) is 4.92 Å². The molecule has 0 aliphatic carbocycles. The van der Waals surface area contributed by atoms with Crippen molar-refractivity contribution in [2.45, 2.75) is 6.92 Å². The summed E-state index contributed by atoms with van der Waals surface area (Å²) >= 11 is 11.8. The molecule has 21 heavy (non-hydrogen) atoms. The minimum atomic E-state index is -0.678. The van der Waals surface area contributed by atoms with Crippen LogP contribution in [0.25, 0.3) is 0 Å². The molecule has 1 amide bonds. The SMILES string of the molecule is Cc1c(Cl)cccc1NC(=O)c1cccc(Cl)c1[N+](=O)[O-]. The first kappa shape index (κ1) is 15.3. The summed E-state index contributed by atoms with van der Waals surface area (Å²) in [6, 6.07) is 9.22. The maximum atomic E-state index is 12.2. The molecule has 7 heteroatoms. The third kappa shape index (κ3) is 3.15. The van der Waals surface area contributed by atoms with E-state index in [0.717, 1.165) is 0 Å². The van der Waals surface area contributed by atoms with Crippen LogP contribution < -0.4 is 5.32 Å². The highest BCUT2D eigenvalue weighted by Crippen LogP contribution is 2.29. The highest BCUT2D eigenvalue weighted by molar-refractivity contribution is 6.33. The van der Waals surface area contributed by atoms with E-state index in [0.29, 0.717) is 16.3 Å². The Morgan fingerprint density at radius 3 is 2.43 bits per heavy atom. The summed E-state index contributed by atoms with van der Waals surface area (Å²) in [5.74, 6) is -0.616. The summed E-state index contributed by atoms with van der Waals surface area (Å²) in [6.45, 7) is 1.74. The van der Waals surface area contributed by atoms with E-state index in [1.54, 1.807) is 25.1 Å². The second kappa shape index (κ2) is 6.11. The molecule has 0 aliphatic heterocycles. The quantitative estimate of drug-likeness (QED) is 0.669. The molecule has 0 bridgehead atoms. The molecule has 2 aromatic carbocycles. The van der Waals surface area contributed by atoms with Gasteiger partial charge in [-0.25, -0.2) is 0 Å². The molecule has 0 unspecified atom stereocenters. The number of hydrogen-bond donors (Lipinski definition) is 1. The summed E-state index contributed by atoms with van der Waals surface area (Å²) in [6.07, 6.45) is 0. The molecular formula is C14H10Cl2N2O3. The minimum absolute atomic E-state index is 0.0875. The van der Waals surface area contributed by atoms with Gasteiger partial charge in [0.1, 0.15) is 10.6 Å². The molecule has 108 valence electrons. The number of anilines is 1. The molecule has 0 aromatic heterocycles. The standard InChI is InChI=1S/C14H10Cl2N2O3/c1-8-10(15)5-3-7-12(8)17-14(19)9-4-2-6-11(16)13(9)18(20)21/h2-7H,1H3,(H,17,19). The molecule has 0 heterocycles. The van der Waals surface area contributed by atoms with Gasteiger partial charge in [-0.05, 0) is 36.8 Å². The van der Waals surface area contributed by atoms with Crippen LogP contribution in [-0.2, 0) is 0 Å². The second-order valence-electron chi connectivity index (χ2n) is 4.26. The van der Waals surface area contributed by atoms with Gasteiger partial charge in [0.15, 0.2) is 0 Å². The highest BCUT2D eigenvalue weighted by Gasteiger charge is 2.23. The van der Waals surface area contributed by atoms with Crippen molar-refractivity contribution in [2.75, 3.05) is 5.32 Å². The van der Waals surface area contributed by atoms with E-state index in [1.807, 2.05) is 0 Å². The second-order valence-corrected chi connectivity index (χ2v) is 5.07. The molecule has 0 aliphatic rings. The Labute approximate surface area is 130 Å². The first-order valence-corrected chi connectivity index (χ1v) is 6.66. The normalized spacial score (nSPS) is 10.2. The zero-order chi connectivity index (χ0) is 15.6. The van der Waals surface area contributed by atoms with Crippen molar-refractivity contribution in [3.05, 3.63) is 67.7 Å². The van der Waals surface area contributed by atoms with Crippen LogP contribution in [0.15, 0.2) is 36.4 Å². The summed E-state index contributed by atoms with van der Waals surface area (Å²) in [5.41, 5.74) is 0.641. The maximum Gasteiger partial charge on any atom is 0.300 e. The van der Waals surface area contributed by atoms with Crippen molar-refractivity contribution in [3.8, 4) is 0 Å². The van der Waals surface area contributed by atoms with Gasteiger partial charge in [0.2, 0.25) is 0 Å². The van der Waals surface area contributed by atoms with Crippen molar-refractivity contribution >= 4 is 40.5 Å². The van der Waals surface area contributed by atoms with Crippen molar-refractivity contribution in [1.82, 2.24) is 0 Å². The van der Waals surface area contributed by atoms with Gasteiger partial charge in [-0.1, -0.05) is 35.3 Å². The monoisotopic (exact) mass is 324 g/mol. The fourth-order valence-electron chi connectivity index (χ4n) is 1.82. The Kier molecular flexibility index (Phi) is 4.45. The van der Waals surface area contributed by atoms with Crippen molar-refractivity contribution in [1.29, 1.82) is 0 Å². The predicted molar refractivity (Wildman–Crippen MR) is 82.2 cm³/mol. The van der Waals surface area contributed by atoms with Crippen LogP contribution in [0.3, 0.4) is 0 Å². The number of hydrogen-bond acceptors (Lipinski definition) is 3. The van der Waals surface area contributed by atoms with Crippen LogP contribution in [0.2, 0.25) is 10.0 Å². The molecular weight excluding hydrogens is 315 g/mol. The van der Waals surface area contributed by atoms with Gasteiger partial charge in [0, 0.05) is 10.7 Å². The van der Waals surface area contributed by atoms with E-state index < -0.39 is 16.5 Å². The lowest BCUT2D eigenvalue weighted by atomic mass is 10.1. The van der Waals surface area contributed by atoms with Gasteiger partial charge < -0.3 is 5.32 Å². The van der Waals surface area contributed by atoms with Crippen LogP contribution in [0.1, 0.15) is 15.9 Å².